The van der Waals surface area contributed by atoms with Crippen molar-refractivity contribution >= 4 is 39.3 Å². The minimum absolute atomic E-state index is 0.364. The summed E-state index contributed by atoms with van der Waals surface area (Å²) in [6.07, 6.45) is 1.55. The SMILES string of the molecule is N#Cc1cc(N)c(Oc2cnc3ccccc3n2)c(I)c1. The minimum atomic E-state index is 0.364. The number of nitriles is 1. The van der Waals surface area contributed by atoms with Gasteiger partial charge in [0.1, 0.15) is 0 Å². The van der Waals surface area contributed by atoms with Crippen molar-refractivity contribution in [3.05, 3.63) is 51.7 Å². The van der Waals surface area contributed by atoms with E-state index in [2.05, 4.69) is 38.6 Å². The Hall–Kier alpha value is -2.40. The summed E-state index contributed by atoms with van der Waals surface area (Å²) in [5.41, 5.74) is 8.37. The highest BCUT2D eigenvalue weighted by Gasteiger charge is 2.11. The first kappa shape index (κ1) is 13.6. The van der Waals surface area contributed by atoms with Crippen molar-refractivity contribution in [1.29, 1.82) is 5.26 Å². The van der Waals surface area contributed by atoms with Crippen LogP contribution in [0.5, 0.6) is 11.6 Å². The minimum Gasteiger partial charge on any atom is -0.434 e. The molecule has 6 heteroatoms. The molecule has 0 saturated heterocycles. The normalized spacial score (nSPS) is 10.3. The van der Waals surface area contributed by atoms with Crippen molar-refractivity contribution in [3.63, 3.8) is 0 Å². The Balaban J connectivity index is 2.01. The number of nitrogen functional groups attached to an aromatic ring is 1. The molecule has 0 radical (unpaired) electrons. The van der Waals surface area contributed by atoms with Gasteiger partial charge in [-0.3, -0.25) is 0 Å². The van der Waals surface area contributed by atoms with Gasteiger partial charge in [0.15, 0.2) is 5.75 Å². The Labute approximate surface area is 134 Å². The van der Waals surface area contributed by atoms with Gasteiger partial charge in [-0.05, 0) is 46.9 Å². The van der Waals surface area contributed by atoms with E-state index < -0.39 is 0 Å². The smallest absolute Gasteiger partial charge is 0.238 e. The predicted molar refractivity (Wildman–Crippen MR) is 87.9 cm³/mol. The molecule has 0 fully saturated rings. The van der Waals surface area contributed by atoms with Crippen LogP contribution in [-0.4, -0.2) is 9.97 Å². The molecule has 0 unspecified atom stereocenters. The van der Waals surface area contributed by atoms with E-state index in [4.69, 9.17) is 15.7 Å². The maximum absolute atomic E-state index is 8.91. The topological polar surface area (TPSA) is 84.8 Å². The number of nitrogens with two attached hydrogens (primary N) is 1. The van der Waals surface area contributed by atoms with Crippen molar-refractivity contribution in [2.45, 2.75) is 0 Å². The number of anilines is 1. The van der Waals surface area contributed by atoms with Gasteiger partial charge in [-0.15, -0.1) is 0 Å². The van der Waals surface area contributed by atoms with Gasteiger partial charge < -0.3 is 10.5 Å². The van der Waals surface area contributed by atoms with Gasteiger partial charge in [-0.2, -0.15) is 5.26 Å². The average molecular weight is 388 g/mol. The third kappa shape index (κ3) is 2.73. The molecular weight excluding hydrogens is 379 g/mol. The number of halogens is 1. The number of ether oxygens (including phenoxy) is 1. The lowest BCUT2D eigenvalue weighted by molar-refractivity contribution is 0.462. The monoisotopic (exact) mass is 388 g/mol. The van der Waals surface area contributed by atoms with Crippen molar-refractivity contribution in [3.8, 4) is 17.7 Å². The highest BCUT2D eigenvalue weighted by molar-refractivity contribution is 14.1. The molecule has 0 aliphatic heterocycles. The summed E-state index contributed by atoms with van der Waals surface area (Å²) in [7, 11) is 0. The molecule has 1 heterocycles. The molecule has 0 atom stereocenters. The summed E-state index contributed by atoms with van der Waals surface area (Å²) >= 11 is 2.08. The number of hydrogen-bond acceptors (Lipinski definition) is 5. The van der Waals surface area contributed by atoms with E-state index in [1.807, 2.05) is 24.3 Å². The lowest BCUT2D eigenvalue weighted by Gasteiger charge is -2.10. The Bertz CT molecular complexity index is 850. The third-order valence-corrected chi connectivity index (χ3v) is 3.64. The average Bonchev–Trinajstić information content (AvgIpc) is 2.50. The van der Waals surface area contributed by atoms with Crippen LogP contribution in [0.25, 0.3) is 11.0 Å². The maximum atomic E-state index is 8.91. The highest BCUT2D eigenvalue weighted by Crippen LogP contribution is 2.33. The van der Waals surface area contributed by atoms with E-state index in [9.17, 15) is 0 Å². The molecule has 2 aromatic carbocycles. The van der Waals surface area contributed by atoms with Crippen molar-refractivity contribution in [2.75, 3.05) is 5.73 Å². The fourth-order valence-electron chi connectivity index (χ4n) is 1.88. The number of benzene rings is 2. The lowest BCUT2D eigenvalue weighted by Crippen LogP contribution is -1.98. The van der Waals surface area contributed by atoms with E-state index in [0.29, 0.717) is 22.9 Å². The Morgan fingerprint density at radius 2 is 1.95 bits per heavy atom. The van der Waals surface area contributed by atoms with Crippen LogP contribution in [0.15, 0.2) is 42.6 Å². The molecule has 5 nitrogen and oxygen atoms in total. The molecular formula is C15H9IN4O. The van der Waals surface area contributed by atoms with E-state index in [1.54, 1.807) is 18.3 Å². The Morgan fingerprint density at radius 3 is 2.67 bits per heavy atom. The molecule has 1 aromatic heterocycles. The molecule has 2 N–H and O–H groups in total. The number of rotatable bonds is 2. The molecule has 0 aliphatic rings. The largest absolute Gasteiger partial charge is 0.434 e. The van der Waals surface area contributed by atoms with E-state index in [1.165, 1.54) is 0 Å². The molecule has 0 spiro atoms. The zero-order valence-electron chi connectivity index (χ0n) is 10.7. The number of para-hydroxylation sites is 2. The van der Waals surface area contributed by atoms with Crippen molar-refractivity contribution in [1.82, 2.24) is 9.97 Å². The van der Waals surface area contributed by atoms with Crippen LogP contribution in [0.1, 0.15) is 5.56 Å². The fraction of sp³-hybridized carbons (Fsp3) is 0. The number of aromatic nitrogens is 2. The first-order chi connectivity index (χ1) is 10.2. The number of hydrogen-bond donors (Lipinski definition) is 1. The molecule has 3 aromatic rings. The first-order valence-electron chi connectivity index (χ1n) is 6.06. The summed E-state index contributed by atoms with van der Waals surface area (Å²) in [4.78, 5) is 8.67. The molecule has 0 aliphatic carbocycles. The van der Waals surface area contributed by atoms with Gasteiger partial charge in [-0.1, -0.05) is 12.1 Å². The summed E-state index contributed by atoms with van der Waals surface area (Å²) in [5.74, 6) is 0.849. The quantitative estimate of drug-likeness (QED) is 0.537. The molecule has 0 amide bonds. The van der Waals surface area contributed by atoms with Gasteiger partial charge in [0, 0.05) is 0 Å². The maximum Gasteiger partial charge on any atom is 0.238 e. The second-order valence-electron chi connectivity index (χ2n) is 4.29. The van der Waals surface area contributed by atoms with Gasteiger partial charge >= 0.3 is 0 Å². The second-order valence-corrected chi connectivity index (χ2v) is 5.45. The number of fused-ring (bicyclic) bond motifs is 1. The van der Waals surface area contributed by atoms with Gasteiger partial charge in [-0.25, -0.2) is 9.97 Å². The van der Waals surface area contributed by atoms with E-state index >= 15 is 0 Å². The number of nitrogens with zero attached hydrogens (tertiary/aromatic N) is 3. The highest BCUT2D eigenvalue weighted by atomic mass is 127. The van der Waals surface area contributed by atoms with Crippen LogP contribution in [0.2, 0.25) is 0 Å². The van der Waals surface area contributed by atoms with E-state index in [0.717, 1.165) is 14.6 Å². The third-order valence-electron chi connectivity index (χ3n) is 2.83. The summed E-state index contributed by atoms with van der Waals surface area (Å²) in [5, 5.41) is 8.91. The van der Waals surface area contributed by atoms with Crippen molar-refractivity contribution < 1.29 is 4.74 Å². The summed E-state index contributed by atoms with van der Waals surface area (Å²) in [6, 6.07) is 12.9. The van der Waals surface area contributed by atoms with Crippen LogP contribution < -0.4 is 10.5 Å². The lowest BCUT2D eigenvalue weighted by atomic mass is 10.2. The van der Waals surface area contributed by atoms with Gasteiger partial charge in [0.05, 0.1) is 38.1 Å². The molecule has 0 saturated carbocycles. The molecule has 102 valence electrons. The van der Waals surface area contributed by atoms with Crippen LogP contribution >= 0.6 is 22.6 Å². The Morgan fingerprint density at radius 1 is 1.19 bits per heavy atom. The van der Waals surface area contributed by atoms with Crippen LogP contribution in [0, 0.1) is 14.9 Å². The zero-order valence-corrected chi connectivity index (χ0v) is 12.9. The summed E-state index contributed by atoms with van der Waals surface area (Å²) in [6.45, 7) is 0. The summed E-state index contributed by atoms with van der Waals surface area (Å²) < 4.78 is 6.48. The molecule has 21 heavy (non-hydrogen) atoms. The second kappa shape index (κ2) is 5.54. The Kier molecular flexibility index (Phi) is 3.58. The fourth-order valence-corrected chi connectivity index (χ4v) is 2.64. The van der Waals surface area contributed by atoms with Gasteiger partial charge in [0.2, 0.25) is 5.88 Å². The molecule has 0 bridgehead atoms. The van der Waals surface area contributed by atoms with Crippen LogP contribution in [-0.2, 0) is 0 Å². The van der Waals surface area contributed by atoms with Crippen LogP contribution in [0.3, 0.4) is 0 Å². The first-order valence-corrected chi connectivity index (χ1v) is 7.14. The van der Waals surface area contributed by atoms with Crippen molar-refractivity contribution in [2.24, 2.45) is 0 Å². The van der Waals surface area contributed by atoms with Gasteiger partial charge in [0.25, 0.3) is 0 Å². The molecule has 3 rings (SSSR count). The van der Waals surface area contributed by atoms with E-state index in [-0.39, 0.29) is 0 Å². The van der Waals surface area contributed by atoms with Crippen LogP contribution in [0.4, 0.5) is 5.69 Å². The zero-order chi connectivity index (χ0) is 14.8. The predicted octanol–water partition coefficient (Wildman–Crippen LogP) is 3.48. The standard InChI is InChI=1S/C15H9IN4O/c16-10-5-9(7-17)6-11(18)15(10)21-14-8-19-12-3-1-2-4-13(12)20-14/h1-6,8H,18H2.